The Kier molecular flexibility index (Phi) is 4.40. The quantitative estimate of drug-likeness (QED) is 0.767. The number of carbonyl (C=O) groups excluding carboxylic acids is 1. The summed E-state index contributed by atoms with van der Waals surface area (Å²) in [6, 6.07) is 5.84. The van der Waals surface area contributed by atoms with Crippen molar-refractivity contribution < 1.29 is 14.3 Å². The van der Waals surface area contributed by atoms with E-state index < -0.39 is 0 Å². The number of benzene rings is 1. The smallest absolute Gasteiger partial charge is 0.232 e. The molecule has 7 heteroatoms. The maximum Gasteiger partial charge on any atom is 0.232 e. The van der Waals surface area contributed by atoms with Crippen molar-refractivity contribution in [1.82, 2.24) is 9.88 Å². The van der Waals surface area contributed by atoms with E-state index in [1.54, 1.807) is 0 Å². The molecule has 0 unspecified atom stereocenters. The van der Waals surface area contributed by atoms with Gasteiger partial charge in [-0.05, 0) is 56.0 Å². The van der Waals surface area contributed by atoms with Gasteiger partial charge in [-0.25, -0.2) is 0 Å². The largest absolute Gasteiger partial charge is 0.454 e. The highest BCUT2D eigenvalue weighted by Gasteiger charge is 2.25. The minimum Gasteiger partial charge on any atom is -0.454 e. The highest BCUT2D eigenvalue weighted by atomic mass is 79.9. The minimum atomic E-state index is 0.100. The predicted octanol–water partition coefficient (Wildman–Crippen LogP) is 3.66. The van der Waals surface area contributed by atoms with Crippen LogP contribution in [0, 0.1) is 0 Å². The van der Waals surface area contributed by atoms with Crippen LogP contribution < -0.4 is 14.8 Å². The molecule has 1 N–H and O–H groups in total. The third kappa shape index (κ3) is 2.78. The molecule has 5 nitrogen and oxygen atoms in total. The molecule has 0 amide bonds. The molecule has 0 spiro atoms. The first kappa shape index (κ1) is 16.2. The fourth-order valence-corrected chi connectivity index (χ4v) is 4.38. The molecule has 2 aromatic rings. The lowest BCUT2D eigenvalue weighted by Crippen LogP contribution is -2.26. The van der Waals surface area contributed by atoms with E-state index in [0.29, 0.717) is 12.8 Å². The Bertz CT molecular complexity index is 817. The Balaban J connectivity index is 1.53. The molecule has 0 bridgehead atoms. The standard InChI is InChI=1S/C17H16Br2N2O3/c18-16-11-8-20-6-5-12(11)21(17(16)19)15(22)4-2-10-1-3-13-14(7-10)24-9-23-13/h1,3,7,20H,2,4-6,8-9H2. The Morgan fingerprint density at radius 3 is 2.96 bits per heavy atom. The monoisotopic (exact) mass is 454 g/mol. The van der Waals surface area contributed by atoms with Gasteiger partial charge in [0.2, 0.25) is 12.7 Å². The number of rotatable bonds is 3. The van der Waals surface area contributed by atoms with Crippen LogP contribution in [-0.4, -0.2) is 23.8 Å². The van der Waals surface area contributed by atoms with Crippen LogP contribution in [0.3, 0.4) is 0 Å². The first-order chi connectivity index (χ1) is 11.6. The molecule has 126 valence electrons. The lowest BCUT2D eigenvalue weighted by molar-refractivity contribution is 0.0897. The van der Waals surface area contributed by atoms with Gasteiger partial charge in [-0.1, -0.05) is 6.07 Å². The van der Waals surface area contributed by atoms with Gasteiger partial charge in [0.15, 0.2) is 11.5 Å². The van der Waals surface area contributed by atoms with E-state index >= 15 is 0 Å². The summed E-state index contributed by atoms with van der Waals surface area (Å²) in [5.74, 6) is 1.63. The fraction of sp³-hybridized carbons (Fsp3) is 0.353. The Labute approximate surface area is 156 Å². The molecule has 2 aliphatic rings. The summed E-state index contributed by atoms with van der Waals surface area (Å²) >= 11 is 7.15. The minimum absolute atomic E-state index is 0.100. The summed E-state index contributed by atoms with van der Waals surface area (Å²) in [5.41, 5.74) is 3.35. The molecular weight excluding hydrogens is 440 g/mol. The fourth-order valence-electron chi connectivity index (χ4n) is 3.18. The highest BCUT2D eigenvalue weighted by molar-refractivity contribution is 9.13. The second-order valence-electron chi connectivity index (χ2n) is 5.87. The first-order valence-corrected chi connectivity index (χ1v) is 9.43. The number of hydrogen-bond acceptors (Lipinski definition) is 4. The van der Waals surface area contributed by atoms with Gasteiger partial charge in [0, 0.05) is 37.2 Å². The van der Waals surface area contributed by atoms with E-state index in [2.05, 4.69) is 37.2 Å². The van der Waals surface area contributed by atoms with E-state index in [4.69, 9.17) is 9.47 Å². The van der Waals surface area contributed by atoms with Crippen molar-refractivity contribution in [2.45, 2.75) is 25.8 Å². The number of fused-ring (bicyclic) bond motifs is 2. The van der Waals surface area contributed by atoms with Crippen LogP contribution in [0.25, 0.3) is 0 Å². The molecule has 3 heterocycles. The van der Waals surface area contributed by atoms with Crippen LogP contribution >= 0.6 is 31.9 Å². The molecule has 0 aliphatic carbocycles. The van der Waals surface area contributed by atoms with Crippen molar-refractivity contribution >= 4 is 37.8 Å². The normalized spacial score (nSPS) is 15.4. The number of aromatic nitrogens is 1. The van der Waals surface area contributed by atoms with E-state index in [9.17, 15) is 4.79 Å². The predicted molar refractivity (Wildman–Crippen MR) is 96.8 cm³/mol. The third-order valence-electron chi connectivity index (χ3n) is 4.41. The number of hydrogen-bond donors (Lipinski definition) is 1. The topological polar surface area (TPSA) is 52.5 Å². The van der Waals surface area contributed by atoms with Gasteiger partial charge in [0.05, 0.1) is 4.47 Å². The van der Waals surface area contributed by atoms with Crippen LogP contribution in [0.15, 0.2) is 27.3 Å². The zero-order valence-electron chi connectivity index (χ0n) is 12.9. The summed E-state index contributed by atoms with van der Waals surface area (Å²) < 4.78 is 14.3. The summed E-state index contributed by atoms with van der Waals surface area (Å²) in [6.07, 6.45) is 1.97. The Morgan fingerprint density at radius 1 is 1.25 bits per heavy atom. The third-order valence-corrected chi connectivity index (χ3v) is 6.55. The van der Waals surface area contributed by atoms with Gasteiger partial charge in [-0.3, -0.25) is 9.36 Å². The summed E-state index contributed by atoms with van der Waals surface area (Å²) in [5, 5.41) is 3.34. The molecule has 0 fully saturated rings. The van der Waals surface area contributed by atoms with Crippen molar-refractivity contribution in [3.8, 4) is 11.5 Å². The van der Waals surface area contributed by atoms with Crippen LogP contribution in [-0.2, 0) is 19.4 Å². The molecule has 0 atom stereocenters. The van der Waals surface area contributed by atoms with Gasteiger partial charge in [-0.15, -0.1) is 0 Å². The molecule has 0 radical (unpaired) electrons. The molecule has 0 saturated heterocycles. The van der Waals surface area contributed by atoms with E-state index in [1.165, 1.54) is 5.56 Å². The molecule has 4 rings (SSSR count). The molecule has 2 aliphatic heterocycles. The van der Waals surface area contributed by atoms with E-state index in [-0.39, 0.29) is 12.7 Å². The van der Waals surface area contributed by atoms with Crippen LogP contribution in [0.1, 0.15) is 28.0 Å². The average molecular weight is 456 g/mol. The van der Waals surface area contributed by atoms with Crippen molar-refractivity contribution in [3.63, 3.8) is 0 Å². The zero-order chi connectivity index (χ0) is 16.7. The summed E-state index contributed by atoms with van der Waals surface area (Å²) in [7, 11) is 0. The summed E-state index contributed by atoms with van der Waals surface area (Å²) in [6.45, 7) is 1.95. The molecule has 0 saturated carbocycles. The Morgan fingerprint density at radius 2 is 2.08 bits per heavy atom. The average Bonchev–Trinajstić information content (AvgIpc) is 3.16. The first-order valence-electron chi connectivity index (χ1n) is 7.85. The van der Waals surface area contributed by atoms with E-state index in [0.717, 1.165) is 51.3 Å². The number of halogens is 2. The van der Waals surface area contributed by atoms with Crippen molar-refractivity contribution in [1.29, 1.82) is 0 Å². The number of aryl methyl sites for hydroxylation is 1. The lowest BCUT2D eigenvalue weighted by atomic mass is 10.1. The van der Waals surface area contributed by atoms with Gasteiger partial charge in [0.25, 0.3) is 0 Å². The molecule has 1 aromatic carbocycles. The summed E-state index contributed by atoms with van der Waals surface area (Å²) in [4.78, 5) is 12.8. The van der Waals surface area contributed by atoms with Crippen LogP contribution in [0.2, 0.25) is 0 Å². The molecular formula is C17H16Br2N2O3. The van der Waals surface area contributed by atoms with Crippen LogP contribution in [0.5, 0.6) is 11.5 Å². The van der Waals surface area contributed by atoms with Gasteiger partial charge in [0.1, 0.15) is 4.60 Å². The van der Waals surface area contributed by atoms with Gasteiger partial charge in [-0.2, -0.15) is 0 Å². The maximum absolute atomic E-state index is 12.8. The number of ether oxygens (including phenoxy) is 2. The van der Waals surface area contributed by atoms with E-state index in [1.807, 2.05) is 22.8 Å². The second kappa shape index (κ2) is 6.54. The maximum atomic E-state index is 12.8. The number of nitrogens with zero attached hydrogens (tertiary/aromatic N) is 1. The second-order valence-corrected chi connectivity index (χ2v) is 7.42. The van der Waals surface area contributed by atoms with Crippen molar-refractivity contribution in [2.24, 2.45) is 0 Å². The zero-order valence-corrected chi connectivity index (χ0v) is 16.1. The van der Waals surface area contributed by atoms with Crippen molar-refractivity contribution in [2.75, 3.05) is 13.3 Å². The van der Waals surface area contributed by atoms with Gasteiger partial charge >= 0.3 is 0 Å². The van der Waals surface area contributed by atoms with Crippen LogP contribution in [0.4, 0.5) is 0 Å². The van der Waals surface area contributed by atoms with Crippen molar-refractivity contribution in [3.05, 3.63) is 44.1 Å². The Hall–Kier alpha value is -1.31. The lowest BCUT2D eigenvalue weighted by Gasteiger charge is -2.16. The SMILES string of the molecule is O=C(CCc1ccc2c(c1)OCO2)n1c(Br)c(Br)c2c1CCNC2. The highest BCUT2D eigenvalue weighted by Crippen LogP contribution is 2.35. The van der Waals surface area contributed by atoms with Gasteiger partial charge < -0.3 is 14.8 Å². The number of nitrogens with one attached hydrogen (secondary N) is 1. The number of carbonyl (C=O) groups is 1. The molecule has 24 heavy (non-hydrogen) atoms. The molecule has 1 aromatic heterocycles.